The number of methoxy groups -OCH3 is 1. The number of nitrogens with one attached hydrogen (secondary N) is 1. The molecule has 3 aromatic carbocycles. The van der Waals surface area contributed by atoms with Crippen LogP contribution in [0.2, 0.25) is 5.02 Å². The topological polar surface area (TPSA) is 58.6 Å². The van der Waals surface area contributed by atoms with Gasteiger partial charge in [0, 0.05) is 10.7 Å². The minimum atomic E-state index is -0.410. The maximum absolute atomic E-state index is 13.6. The van der Waals surface area contributed by atoms with E-state index < -0.39 is 5.91 Å². The Kier molecular flexibility index (Phi) is 5.76. The average molecular weight is 447 g/mol. The second kappa shape index (κ2) is 8.52. The van der Waals surface area contributed by atoms with Crippen molar-refractivity contribution in [1.82, 2.24) is 0 Å². The molecule has 6 heteroatoms. The standard InChI is InChI=1S/C26H23ClN2O3/c1-15-5-12-22(17(3)13-15)29-25(30)23(18-7-10-20(32-4)11-8-18)24(26(29)31)28-21-14-19(27)9-6-16(21)2/h5-14,28H,1-4H3. The number of halogens is 1. The molecule has 0 radical (unpaired) electrons. The maximum atomic E-state index is 13.6. The Bertz CT molecular complexity index is 1260. The van der Waals surface area contributed by atoms with E-state index in [1.807, 2.05) is 39.0 Å². The number of carbonyl (C=O) groups is 2. The van der Waals surface area contributed by atoms with Crippen LogP contribution < -0.4 is 15.0 Å². The van der Waals surface area contributed by atoms with Gasteiger partial charge in [-0.15, -0.1) is 0 Å². The van der Waals surface area contributed by atoms with E-state index >= 15 is 0 Å². The van der Waals surface area contributed by atoms with Gasteiger partial charge in [-0.3, -0.25) is 9.59 Å². The summed E-state index contributed by atoms with van der Waals surface area (Å²) in [5.74, 6) is -0.126. The van der Waals surface area contributed by atoms with Crippen LogP contribution >= 0.6 is 11.6 Å². The normalized spacial score (nSPS) is 13.7. The first-order chi connectivity index (χ1) is 15.3. The zero-order chi connectivity index (χ0) is 23.0. The van der Waals surface area contributed by atoms with E-state index in [4.69, 9.17) is 16.3 Å². The lowest BCUT2D eigenvalue weighted by Crippen LogP contribution is -2.33. The minimum absolute atomic E-state index is 0.213. The van der Waals surface area contributed by atoms with Gasteiger partial charge in [-0.25, -0.2) is 4.90 Å². The summed E-state index contributed by atoms with van der Waals surface area (Å²) in [4.78, 5) is 28.4. The number of benzene rings is 3. The van der Waals surface area contributed by atoms with E-state index in [1.165, 1.54) is 4.90 Å². The maximum Gasteiger partial charge on any atom is 0.282 e. The number of amides is 2. The van der Waals surface area contributed by atoms with Gasteiger partial charge in [0.1, 0.15) is 11.4 Å². The highest BCUT2D eigenvalue weighted by Gasteiger charge is 2.41. The first-order valence-electron chi connectivity index (χ1n) is 10.2. The summed E-state index contributed by atoms with van der Waals surface area (Å²) in [7, 11) is 1.58. The van der Waals surface area contributed by atoms with Gasteiger partial charge in [-0.1, -0.05) is 47.5 Å². The number of anilines is 2. The van der Waals surface area contributed by atoms with Crippen molar-refractivity contribution in [3.8, 4) is 5.75 Å². The van der Waals surface area contributed by atoms with Crippen molar-refractivity contribution in [2.75, 3.05) is 17.3 Å². The molecule has 2 amide bonds. The van der Waals surface area contributed by atoms with Crippen LogP contribution in [0.5, 0.6) is 5.75 Å². The Labute approximate surface area is 192 Å². The van der Waals surface area contributed by atoms with Gasteiger partial charge in [0.2, 0.25) is 0 Å². The van der Waals surface area contributed by atoms with Crippen LogP contribution in [-0.2, 0) is 9.59 Å². The van der Waals surface area contributed by atoms with Crippen molar-refractivity contribution in [1.29, 1.82) is 0 Å². The third-order valence-electron chi connectivity index (χ3n) is 5.52. The molecule has 0 saturated heterocycles. The van der Waals surface area contributed by atoms with Gasteiger partial charge in [-0.2, -0.15) is 0 Å². The highest BCUT2D eigenvalue weighted by Crippen LogP contribution is 2.36. The lowest BCUT2D eigenvalue weighted by Gasteiger charge is -2.18. The molecular weight excluding hydrogens is 424 g/mol. The second-order valence-electron chi connectivity index (χ2n) is 7.80. The summed E-state index contributed by atoms with van der Waals surface area (Å²) in [6, 6.07) is 18.1. The van der Waals surface area contributed by atoms with Crippen molar-refractivity contribution in [2.45, 2.75) is 20.8 Å². The van der Waals surface area contributed by atoms with Gasteiger partial charge in [-0.05, 0) is 67.8 Å². The van der Waals surface area contributed by atoms with Crippen LogP contribution in [0.3, 0.4) is 0 Å². The summed E-state index contributed by atoms with van der Waals surface area (Å²) < 4.78 is 5.24. The SMILES string of the molecule is COc1ccc(C2=C(Nc3cc(Cl)ccc3C)C(=O)N(c3ccc(C)cc3C)C2=O)cc1. The fourth-order valence-corrected chi connectivity index (χ4v) is 3.98. The molecule has 3 aromatic rings. The summed E-state index contributed by atoms with van der Waals surface area (Å²) in [6.45, 7) is 5.78. The summed E-state index contributed by atoms with van der Waals surface area (Å²) in [5.41, 5.74) is 5.18. The monoisotopic (exact) mass is 446 g/mol. The molecule has 0 bridgehead atoms. The van der Waals surface area contributed by atoms with Gasteiger partial charge < -0.3 is 10.1 Å². The van der Waals surface area contributed by atoms with Crippen molar-refractivity contribution in [2.24, 2.45) is 0 Å². The molecule has 0 unspecified atom stereocenters. The van der Waals surface area contributed by atoms with Crippen molar-refractivity contribution in [3.05, 3.63) is 93.6 Å². The number of carbonyl (C=O) groups excluding carboxylic acids is 2. The summed E-state index contributed by atoms with van der Waals surface area (Å²) in [5, 5.41) is 3.72. The zero-order valence-electron chi connectivity index (χ0n) is 18.3. The molecule has 0 spiro atoms. The molecule has 0 fully saturated rings. The Hall–Kier alpha value is -3.57. The molecule has 1 N–H and O–H groups in total. The molecule has 1 aliphatic heterocycles. The first kappa shape index (κ1) is 21.7. The van der Waals surface area contributed by atoms with Crippen LogP contribution in [0.4, 0.5) is 11.4 Å². The lowest BCUT2D eigenvalue weighted by molar-refractivity contribution is -0.120. The van der Waals surface area contributed by atoms with Crippen molar-refractivity contribution in [3.63, 3.8) is 0 Å². The largest absolute Gasteiger partial charge is 0.497 e. The van der Waals surface area contributed by atoms with E-state index in [2.05, 4.69) is 5.32 Å². The van der Waals surface area contributed by atoms with Gasteiger partial charge >= 0.3 is 0 Å². The Morgan fingerprint density at radius 2 is 1.56 bits per heavy atom. The van der Waals surface area contributed by atoms with Crippen molar-refractivity contribution < 1.29 is 14.3 Å². The number of hydrogen-bond acceptors (Lipinski definition) is 4. The zero-order valence-corrected chi connectivity index (χ0v) is 19.1. The molecule has 162 valence electrons. The van der Waals surface area contributed by atoms with Crippen LogP contribution in [-0.4, -0.2) is 18.9 Å². The number of hydrogen-bond donors (Lipinski definition) is 1. The van der Waals surface area contributed by atoms with Gasteiger partial charge in [0.05, 0.1) is 18.4 Å². The Morgan fingerprint density at radius 1 is 0.844 bits per heavy atom. The number of nitrogens with zero attached hydrogens (tertiary/aromatic N) is 1. The van der Waals surface area contributed by atoms with E-state index in [9.17, 15) is 9.59 Å². The third kappa shape index (κ3) is 3.87. The van der Waals surface area contributed by atoms with Crippen LogP contribution in [0.1, 0.15) is 22.3 Å². The highest BCUT2D eigenvalue weighted by molar-refractivity contribution is 6.46. The lowest BCUT2D eigenvalue weighted by atomic mass is 10.0. The predicted molar refractivity (Wildman–Crippen MR) is 128 cm³/mol. The fraction of sp³-hybridized carbons (Fsp3) is 0.154. The number of rotatable bonds is 5. The Morgan fingerprint density at radius 3 is 2.22 bits per heavy atom. The van der Waals surface area contributed by atoms with Crippen LogP contribution in [0.25, 0.3) is 5.57 Å². The third-order valence-corrected chi connectivity index (χ3v) is 5.75. The van der Waals surface area contributed by atoms with Gasteiger partial charge in [0.15, 0.2) is 0 Å². The quantitative estimate of drug-likeness (QED) is 0.513. The molecule has 5 nitrogen and oxygen atoms in total. The van der Waals surface area contributed by atoms with Gasteiger partial charge in [0.25, 0.3) is 11.8 Å². The molecule has 0 aromatic heterocycles. The van der Waals surface area contributed by atoms with Crippen molar-refractivity contribution >= 4 is 40.4 Å². The molecule has 4 rings (SSSR count). The molecule has 1 aliphatic rings. The minimum Gasteiger partial charge on any atom is -0.497 e. The second-order valence-corrected chi connectivity index (χ2v) is 8.23. The fourth-order valence-electron chi connectivity index (χ4n) is 3.81. The van der Waals surface area contributed by atoms with E-state index in [0.717, 1.165) is 16.7 Å². The summed E-state index contributed by atoms with van der Waals surface area (Å²) >= 11 is 6.18. The summed E-state index contributed by atoms with van der Waals surface area (Å²) in [6.07, 6.45) is 0. The van der Waals surface area contributed by atoms with E-state index in [1.54, 1.807) is 49.6 Å². The molecule has 32 heavy (non-hydrogen) atoms. The Balaban J connectivity index is 1.86. The number of imide groups is 1. The molecule has 0 atom stereocenters. The van der Waals surface area contributed by atoms with E-state index in [-0.39, 0.29) is 11.6 Å². The predicted octanol–water partition coefficient (Wildman–Crippen LogP) is 5.67. The first-order valence-corrected chi connectivity index (χ1v) is 10.6. The van der Waals surface area contributed by atoms with Crippen LogP contribution in [0.15, 0.2) is 66.4 Å². The van der Waals surface area contributed by atoms with E-state index in [0.29, 0.717) is 33.3 Å². The smallest absolute Gasteiger partial charge is 0.282 e. The van der Waals surface area contributed by atoms with Crippen LogP contribution in [0, 0.1) is 20.8 Å². The molecule has 0 aliphatic carbocycles. The molecule has 1 heterocycles. The highest BCUT2D eigenvalue weighted by atomic mass is 35.5. The average Bonchev–Trinajstić information content (AvgIpc) is 3.00. The number of aryl methyl sites for hydroxylation is 3. The number of ether oxygens (including phenoxy) is 1. The molecule has 0 saturated carbocycles. The molecular formula is C26H23ClN2O3.